The maximum atomic E-state index is 12.4. The molecule has 0 atom stereocenters. The summed E-state index contributed by atoms with van der Waals surface area (Å²) < 4.78 is 10.5. The highest BCUT2D eigenvalue weighted by atomic mass is 16.5. The number of hydrogen-bond acceptors (Lipinski definition) is 4. The number of hydrogen-bond donors (Lipinski definition) is 0. The third kappa shape index (κ3) is 4.96. The summed E-state index contributed by atoms with van der Waals surface area (Å²) in [5.74, 6) is 0.630. The molecule has 1 aliphatic rings. The first-order chi connectivity index (χ1) is 11.5. The van der Waals surface area contributed by atoms with Gasteiger partial charge in [0.2, 0.25) is 5.91 Å². The summed E-state index contributed by atoms with van der Waals surface area (Å²) in [6, 6.07) is 5.81. The summed E-state index contributed by atoms with van der Waals surface area (Å²) in [6.07, 6.45) is 0.769. The number of aryl methyl sites for hydroxylation is 2. The first-order valence-corrected chi connectivity index (χ1v) is 8.26. The lowest BCUT2D eigenvalue weighted by Gasteiger charge is -2.22. The van der Waals surface area contributed by atoms with E-state index in [-0.39, 0.29) is 25.0 Å². The van der Waals surface area contributed by atoms with Crippen molar-refractivity contribution in [2.24, 2.45) is 0 Å². The summed E-state index contributed by atoms with van der Waals surface area (Å²) in [4.78, 5) is 27.7. The van der Waals surface area contributed by atoms with Gasteiger partial charge in [-0.1, -0.05) is 6.07 Å². The number of methoxy groups -OCH3 is 1. The largest absolute Gasteiger partial charge is 0.484 e. The van der Waals surface area contributed by atoms with Crippen molar-refractivity contribution in [1.82, 2.24) is 9.80 Å². The van der Waals surface area contributed by atoms with Gasteiger partial charge in [-0.05, 0) is 43.5 Å². The predicted octanol–water partition coefficient (Wildman–Crippen LogP) is 1.39. The molecular formula is C18H26N2O4. The molecule has 0 aliphatic carbocycles. The lowest BCUT2D eigenvalue weighted by Crippen LogP contribution is -2.40. The molecule has 132 valence electrons. The van der Waals surface area contributed by atoms with Crippen molar-refractivity contribution < 1.29 is 19.1 Å². The summed E-state index contributed by atoms with van der Waals surface area (Å²) in [5.41, 5.74) is 2.34. The van der Waals surface area contributed by atoms with Gasteiger partial charge in [0, 0.05) is 33.3 Å². The number of nitrogens with zero attached hydrogens (tertiary/aromatic N) is 2. The Kier molecular flexibility index (Phi) is 6.61. The lowest BCUT2D eigenvalue weighted by atomic mass is 10.1. The van der Waals surface area contributed by atoms with Crippen LogP contribution in [0.4, 0.5) is 0 Å². The smallest absolute Gasteiger partial charge is 0.260 e. The van der Waals surface area contributed by atoms with E-state index in [9.17, 15) is 9.59 Å². The van der Waals surface area contributed by atoms with Crippen molar-refractivity contribution in [3.8, 4) is 5.75 Å². The average Bonchev–Trinajstić information content (AvgIpc) is 2.82. The molecule has 1 heterocycles. The Balaban J connectivity index is 1.84. The van der Waals surface area contributed by atoms with Crippen LogP contribution in [0.1, 0.15) is 17.5 Å². The van der Waals surface area contributed by atoms with Crippen LogP contribution in [0.3, 0.4) is 0 Å². The van der Waals surface area contributed by atoms with Crippen molar-refractivity contribution in [1.29, 1.82) is 0 Å². The van der Waals surface area contributed by atoms with Gasteiger partial charge in [0.1, 0.15) is 12.4 Å². The van der Waals surface area contributed by atoms with Crippen LogP contribution in [0.2, 0.25) is 0 Å². The molecule has 0 bridgehead atoms. The van der Waals surface area contributed by atoms with E-state index in [4.69, 9.17) is 9.47 Å². The van der Waals surface area contributed by atoms with Crippen molar-refractivity contribution >= 4 is 11.8 Å². The van der Waals surface area contributed by atoms with Gasteiger partial charge in [-0.3, -0.25) is 9.59 Å². The molecule has 1 aromatic carbocycles. The first-order valence-electron chi connectivity index (χ1n) is 8.26. The van der Waals surface area contributed by atoms with Gasteiger partial charge in [0.05, 0.1) is 0 Å². The van der Waals surface area contributed by atoms with E-state index in [1.54, 1.807) is 9.80 Å². The number of amides is 2. The Morgan fingerprint density at radius 3 is 2.17 bits per heavy atom. The SMILES string of the molecule is COCC(=O)N1CCCN(C(=O)COc2ccc(C)c(C)c2)CC1. The normalized spacial score (nSPS) is 15.1. The molecule has 0 saturated carbocycles. The fraction of sp³-hybridized carbons (Fsp3) is 0.556. The molecule has 0 radical (unpaired) electrons. The van der Waals surface area contributed by atoms with Crippen LogP contribution in [-0.4, -0.2) is 68.1 Å². The van der Waals surface area contributed by atoms with Crippen LogP contribution in [0.15, 0.2) is 18.2 Å². The molecule has 1 fully saturated rings. The summed E-state index contributed by atoms with van der Waals surface area (Å²) in [6.45, 7) is 6.54. The second-order valence-corrected chi connectivity index (χ2v) is 6.08. The van der Waals surface area contributed by atoms with Gasteiger partial charge in [0.25, 0.3) is 5.91 Å². The molecule has 2 amide bonds. The van der Waals surface area contributed by atoms with E-state index in [0.717, 1.165) is 12.0 Å². The van der Waals surface area contributed by atoms with Crippen molar-refractivity contribution in [3.63, 3.8) is 0 Å². The van der Waals surface area contributed by atoms with Gasteiger partial charge < -0.3 is 19.3 Å². The predicted molar refractivity (Wildman–Crippen MR) is 91.1 cm³/mol. The fourth-order valence-corrected chi connectivity index (χ4v) is 2.67. The third-order valence-corrected chi connectivity index (χ3v) is 4.31. The molecule has 1 saturated heterocycles. The Hall–Kier alpha value is -2.08. The van der Waals surface area contributed by atoms with Crippen LogP contribution in [0, 0.1) is 13.8 Å². The number of carbonyl (C=O) groups excluding carboxylic acids is 2. The molecule has 2 rings (SSSR count). The van der Waals surface area contributed by atoms with Crippen LogP contribution in [0.25, 0.3) is 0 Å². The molecule has 0 spiro atoms. The highest BCUT2D eigenvalue weighted by Gasteiger charge is 2.22. The van der Waals surface area contributed by atoms with E-state index < -0.39 is 0 Å². The topological polar surface area (TPSA) is 59.1 Å². The first kappa shape index (κ1) is 18.3. The Morgan fingerprint density at radius 1 is 0.958 bits per heavy atom. The van der Waals surface area contributed by atoms with Crippen LogP contribution < -0.4 is 4.74 Å². The van der Waals surface area contributed by atoms with Crippen LogP contribution in [0.5, 0.6) is 5.75 Å². The monoisotopic (exact) mass is 334 g/mol. The van der Waals surface area contributed by atoms with E-state index >= 15 is 0 Å². The van der Waals surface area contributed by atoms with Gasteiger partial charge in [0.15, 0.2) is 6.61 Å². The zero-order chi connectivity index (χ0) is 17.5. The van der Waals surface area contributed by atoms with Crippen LogP contribution in [-0.2, 0) is 14.3 Å². The minimum absolute atomic E-state index is 0.0223. The minimum Gasteiger partial charge on any atom is -0.484 e. The van der Waals surface area contributed by atoms with Crippen molar-refractivity contribution in [2.45, 2.75) is 20.3 Å². The van der Waals surface area contributed by atoms with E-state index in [0.29, 0.717) is 31.9 Å². The molecular weight excluding hydrogens is 308 g/mol. The maximum Gasteiger partial charge on any atom is 0.260 e. The number of benzene rings is 1. The quantitative estimate of drug-likeness (QED) is 0.816. The molecule has 1 aliphatic heterocycles. The van der Waals surface area contributed by atoms with E-state index in [1.165, 1.54) is 12.7 Å². The zero-order valence-corrected chi connectivity index (χ0v) is 14.7. The molecule has 6 heteroatoms. The number of ether oxygens (including phenoxy) is 2. The van der Waals surface area contributed by atoms with Gasteiger partial charge in [-0.2, -0.15) is 0 Å². The van der Waals surface area contributed by atoms with Gasteiger partial charge >= 0.3 is 0 Å². The third-order valence-electron chi connectivity index (χ3n) is 4.31. The lowest BCUT2D eigenvalue weighted by molar-refractivity contribution is -0.136. The number of carbonyl (C=O) groups is 2. The van der Waals surface area contributed by atoms with Crippen LogP contribution >= 0.6 is 0 Å². The highest BCUT2D eigenvalue weighted by molar-refractivity contribution is 5.79. The zero-order valence-electron chi connectivity index (χ0n) is 14.7. The average molecular weight is 334 g/mol. The van der Waals surface area contributed by atoms with E-state index in [1.807, 2.05) is 32.0 Å². The second-order valence-electron chi connectivity index (χ2n) is 6.08. The summed E-state index contributed by atoms with van der Waals surface area (Å²) in [7, 11) is 1.51. The number of rotatable bonds is 5. The Labute approximate surface area is 143 Å². The van der Waals surface area contributed by atoms with Crippen molar-refractivity contribution in [3.05, 3.63) is 29.3 Å². The van der Waals surface area contributed by atoms with Gasteiger partial charge in [-0.15, -0.1) is 0 Å². The molecule has 0 aromatic heterocycles. The Bertz CT molecular complexity index is 588. The summed E-state index contributed by atoms with van der Waals surface area (Å²) >= 11 is 0. The highest BCUT2D eigenvalue weighted by Crippen LogP contribution is 2.16. The Morgan fingerprint density at radius 2 is 1.58 bits per heavy atom. The molecule has 6 nitrogen and oxygen atoms in total. The molecule has 24 heavy (non-hydrogen) atoms. The maximum absolute atomic E-state index is 12.4. The molecule has 0 N–H and O–H groups in total. The van der Waals surface area contributed by atoms with Gasteiger partial charge in [-0.25, -0.2) is 0 Å². The van der Waals surface area contributed by atoms with E-state index in [2.05, 4.69) is 0 Å². The standard InChI is InChI=1S/C18H26N2O4/c1-14-5-6-16(11-15(14)2)24-13-18(22)20-8-4-7-19(9-10-20)17(21)12-23-3/h5-6,11H,4,7-10,12-13H2,1-3H3. The second kappa shape index (κ2) is 8.68. The molecule has 1 aromatic rings. The molecule has 0 unspecified atom stereocenters. The fourth-order valence-electron chi connectivity index (χ4n) is 2.67. The summed E-state index contributed by atoms with van der Waals surface area (Å²) in [5, 5.41) is 0. The minimum atomic E-state index is -0.0470. The van der Waals surface area contributed by atoms with Crippen molar-refractivity contribution in [2.75, 3.05) is 46.5 Å².